The number of piperidine rings is 2. The van der Waals surface area contributed by atoms with Crippen molar-refractivity contribution in [2.45, 2.75) is 37.6 Å². The van der Waals surface area contributed by atoms with Crippen LogP contribution in [-0.2, 0) is 0 Å². The lowest BCUT2D eigenvalue weighted by molar-refractivity contribution is 0.216. The number of allylic oxidation sites excluding steroid dienone is 2. The van der Waals surface area contributed by atoms with Crippen molar-refractivity contribution in [2.75, 3.05) is 24.5 Å². The predicted molar refractivity (Wildman–Crippen MR) is 108 cm³/mol. The minimum absolute atomic E-state index is 0.234. The average Bonchev–Trinajstić information content (AvgIpc) is 3.11. The summed E-state index contributed by atoms with van der Waals surface area (Å²) in [7, 11) is 0. The van der Waals surface area contributed by atoms with Crippen molar-refractivity contribution in [1.82, 2.24) is 15.3 Å². The molecule has 0 amide bonds. The zero-order valence-corrected chi connectivity index (χ0v) is 15.0. The Bertz CT molecular complexity index is 838. The highest BCUT2D eigenvalue weighted by Gasteiger charge is 2.36. The fourth-order valence-corrected chi connectivity index (χ4v) is 4.55. The first-order valence-electron chi connectivity index (χ1n) is 9.44. The Morgan fingerprint density at radius 2 is 2.12 bits per heavy atom. The van der Waals surface area contributed by atoms with Crippen LogP contribution in [0.1, 0.15) is 37.7 Å². The fraction of sp³-hybridized carbons (Fsp3) is 0.450. The highest BCUT2D eigenvalue weighted by Crippen LogP contribution is 2.36. The predicted octanol–water partition coefficient (Wildman–Crippen LogP) is 3.36. The Hall–Kier alpha value is -2.47. The Morgan fingerprint density at radius 3 is 2.88 bits per heavy atom. The van der Waals surface area contributed by atoms with Gasteiger partial charge in [-0.2, -0.15) is 0 Å². The van der Waals surface area contributed by atoms with Crippen molar-refractivity contribution < 1.29 is 0 Å². The quantitative estimate of drug-likeness (QED) is 0.637. The zero-order chi connectivity index (χ0) is 18.0. The Labute approximate surface area is 153 Å². The maximum atomic E-state index is 7.73. The number of fused-ring (bicyclic) bond motifs is 1. The molecule has 0 saturated carbocycles. The minimum Gasteiger partial charge on any atom is -0.369 e. The number of hydrogen-bond acceptors (Lipinski definition) is 5. The molecule has 1 unspecified atom stereocenters. The topological polar surface area (TPSA) is 91.6 Å². The van der Waals surface area contributed by atoms with Crippen LogP contribution in [-0.4, -0.2) is 47.6 Å². The molecule has 6 heteroatoms. The summed E-state index contributed by atoms with van der Waals surface area (Å²) in [5, 5.41) is 20.0. The Balaban J connectivity index is 1.76. The standard InChI is InChI=1S/C20H26N6/c21-8-4-15(12-22)16-13-24-19-18(16)17(5-10-23-19)26-11-3-7-20(14-26)6-1-2-9-25-20/h4-5,8,10,12-13,21-22,25H,1-3,6-7,9,11,14H2,(H,23,24)/b15-4+,21-8?,22-12?. The Morgan fingerprint density at radius 1 is 1.23 bits per heavy atom. The van der Waals surface area contributed by atoms with Crippen LogP contribution in [0, 0.1) is 10.8 Å². The molecule has 2 fully saturated rings. The van der Waals surface area contributed by atoms with E-state index in [1.165, 1.54) is 50.2 Å². The molecule has 2 aliphatic heterocycles. The second kappa shape index (κ2) is 7.03. The van der Waals surface area contributed by atoms with Gasteiger partial charge in [0.2, 0.25) is 0 Å². The molecule has 0 bridgehead atoms. The molecule has 4 N–H and O–H groups in total. The van der Waals surface area contributed by atoms with E-state index < -0.39 is 0 Å². The third-order valence-electron chi connectivity index (χ3n) is 5.78. The second-order valence-electron chi connectivity index (χ2n) is 7.38. The largest absolute Gasteiger partial charge is 0.369 e. The van der Waals surface area contributed by atoms with Gasteiger partial charge in [0.1, 0.15) is 5.65 Å². The van der Waals surface area contributed by atoms with Gasteiger partial charge in [0, 0.05) is 65.7 Å². The average molecular weight is 350 g/mol. The molecule has 0 radical (unpaired) electrons. The number of rotatable bonds is 4. The van der Waals surface area contributed by atoms with Gasteiger partial charge in [-0.25, -0.2) is 4.98 Å². The maximum absolute atomic E-state index is 7.73. The SMILES string of the molecule is N=C/C=C(\C=N)c1c[nH]c2nccc(N3CCCC4(CCCCN4)C3)c12. The van der Waals surface area contributed by atoms with E-state index in [0.717, 1.165) is 41.8 Å². The number of nitrogens with zero attached hydrogens (tertiary/aromatic N) is 2. The van der Waals surface area contributed by atoms with E-state index in [0.29, 0.717) is 0 Å². The maximum Gasteiger partial charge on any atom is 0.139 e. The summed E-state index contributed by atoms with van der Waals surface area (Å²) in [4.78, 5) is 10.2. The molecule has 2 aliphatic rings. The van der Waals surface area contributed by atoms with E-state index in [2.05, 4.69) is 26.3 Å². The van der Waals surface area contributed by atoms with Gasteiger partial charge in [-0.3, -0.25) is 0 Å². The van der Waals surface area contributed by atoms with Crippen molar-refractivity contribution >= 4 is 34.7 Å². The summed E-state index contributed by atoms with van der Waals surface area (Å²) in [5.41, 5.74) is 3.92. The minimum atomic E-state index is 0.234. The highest BCUT2D eigenvalue weighted by molar-refractivity contribution is 6.18. The summed E-state index contributed by atoms with van der Waals surface area (Å²) in [6.07, 6.45) is 14.2. The van der Waals surface area contributed by atoms with Crippen LogP contribution in [0.25, 0.3) is 16.6 Å². The van der Waals surface area contributed by atoms with E-state index in [4.69, 9.17) is 10.8 Å². The first-order valence-corrected chi connectivity index (χ1v) is 9.44. The molecule has 4 rings (SSSR count). The molecule has 2 aromatic rings. The molecular weight excluding hydrogens is 324 g/mol. The number of anilines is 1. The third-order valence-corrected chi connectivity index (χ3v) is 5.78. The normalized spacial score (nSPS) is 24.2. The van der Waals surface area contributed by atoms with E-state index in [9.17, 15) is 0 Å². The summed E-state index contributed by atoms with van der Waals surface area (Å²) >= 11 is 0. The number of aromatic nitrogens is 2. The number of hydrogen-bond donors (Lipinski definition) is 4. The second-order valence-corrected chi connectivity index (χ2v) is 7.38. The van der Waals surface area contributed by atoms with E-state index in [-0.39, 0.29) is 5.54 Å². The summed E-state index contributed by atoms with van der Waals surface area (Å²) < 4.78 is 0. The molecule has 1 spiro atoms. The molecule has 136 valence electrons. The van der Waals surface area contributed by atoms with Crippen molar-refractivity contribution in [3.63, 3.8) is 0 Å². The number of H-pyrrole nitrogens is 1. The number of nitrogens with one attached hydrogen (secondary N) is 4. The third kappa shape index (κ3) is 2.94. The lowest BCUT2D eigenvalue weighted by atomic mass is 9.81. The van der Waals surface area contributed by atoms with Crippen LogP contribution in [0.4, 0.5) is 5.69 Å². The van der Waals surface area contributed by atoms with Gasteiger partial charge in [-0.15, -0.1) is 0 Å². The van der Waals surface area contributed by atoms with Crippen LogP contribution in [0.2, 0.25) is 0 Å². The lowest BCUT2D eigenvalue weighted by Gasteiger charge is -2.47. The monoisotopic (exact) mass is 350 g/mol. The van der Waals surface area contributed by atoms with Crippen LogP contribution in [0.15, 0.2) is 24.5 Å². The van der Waals surface area contributed by atoms with Crippen LogP contribution in [0.5, 0.6) is 0 Å². The highest BCUT2D eigenvalue weighted by atomic mass is 15.2. The lowest BCUT2D eigenvalue weighted by Crippen LogP contribution is -2.59. The van der Waals surface area contributed by atoms with Gasteiger partial charge in [0.05, 0.1) is 0 Å². The molecule has 4 heterocycles. The molecule has 6 nitrogen and oxygen atoms in total. The van der Waals surface area contributed by atoms with Crippen molar-refractivity contribution in [1.29, 1.82) is 10.8 Å². The van der Waals surface area contributed by atoms with Gasteiger partial charge in [0.15, 0.2) is 0 Å². The molecule has 1 atom stereocenters. The van der Waals surface area contributed by atoms with Crippen LogP contribution < -0.4 is 10.2 Å². The summed E-state index contributed by atoms with van der Waals surface area (Å²) in [6.45, 7) is 3.18. The summed E-state index contributed by atoms with van der Waals surface area (Å²) in [6, 6.07) is 2.09. The van der Waals surface area contributed by atoms with Crippen LogP contribution >= 0.6 is 0 Å². The zero-order valence-electron chi connectivity index (χ0n) is 15.0. The first kappa shape index (κ1) is 17.0. The molecule has 0 aliphatic carbocycles. The van der Waals surface area contributed by atoms with E-state index in [1.807, 2.05) is 12.4 Å². The van der Waals surface area contributed by atoms with Crippen molar-refractivity contribution in [2.24, 2.45) is 0 Å². The van der Waals surface area contributed by atoms with Gasteiger partial charge in [-0.05, 0) is 44.4 Å². The summed E-state index contributed by atoms with van der Waals surface area (Å²) in [5.74, 6) is 0. The van der Waals surface area contributed by atoms with Gasteiger partial charge in [0.25, 0.3) is 0 Å². The fourth-order valence-electron chi connectivity index (χ4n) is 4.55. The van der Waals surface area contributed by atoms with E-state index in [1.54, 1.807) is 6.08 Å². The number of pyridine rings is 1. The van der Waals surface area contributed by atoms with Crippen LogP contribution in [0.3, 0.4) is 0 Å². The first-order chi connectivity index (χ1) is 12.8. The van der Waals surface area contributed by atoms with E-state index >= 15 is 0 Å². The van der Waals surface area contributed by atoms with Crippen molar-refractivity contribution in [3.8, 4) is 0 Å². The smallest absolute Gasteiger partial charge is 0.139 e. The van der Waals surface area contributed by atoms with Gasteiger partial charge < -0.3 is 26.0 Å². The molecule has 0 aromatic carbocycles. The van der Waals surface area contributed by atoms with Gasteiger partial charge in [-0.1, -0.05) is 6.42 Å². The molecule has 2 aromatic heterocycles. The molecule has 26 heavy (non-hydrogen) atoms. The molecule has 2 saturated heterocycles. The number of aromatic amines is 1. The van der Waals surface area contributed by atoms with Crippen molar-refractivity contribution in [3.05, 3.63) is 30.1 Å². The van der Waals surface area contributed by atoms with Gasteiger partial charge >= 0.3 is 0 Å². The Kier molecular flexibility index (Phi) is 4.59. The molecular formula is C20H26N6.